The van der Waals surface area contributed by atoms with Gasteiger partial charge in [-0.3, -0.25) is 4.79 Å². The number of carbonyl (C=O) groups is 3. The molecule has 1 aromatic heterocycles. The van der Waals surface area contributed by atoms with E-state index in [2.05, 4.69) is 21.0 Å². The summed E-state index contributed by atoms with van der Waals surface area (Å²) < 4.78 is 6.54. The van der Waals surface area contributed by atoms with Crippen LogP contribution in [0.5, 0.6) is 0 Å². The van der Waals surface area contributed by atoms with Crippen molar-refractivity contribution in [1.82, 2.24) is 15.1 Å². The van der Waals surface area contributed by atoms with Crippen molar-refractivity contribution >= 4 is 40.2 Å². The Bertz CT molecular complexity index is 1450. The molecule has 0 radical (unpaired) electrons. The quantitative estimate of drug-likeness (QED) is 0.295. The summed E-state index contributed by atoms with van der Waals surface area (Å²) in [5.74, 6) is -0.775. The van der Waals surface area contributed by atoms with Crippen molar-refractivity contribution in [3.63, 3.8) is 0 Å². The van der Waals surface area contributed by atoms with E-state index in [1.54, 1.807) is 41.1 Å². The van der Waals surface area contributed by atoms with E-state index >= 15 is 0 Å². The molecule has 3 N–H and O–H groups in total. The number of anilines is 2. The predicted molar refractivity (Wildman–Crippen MR) is 146 cm³/mol. The highest BCUT2D eigenvalue weighted by atomic mass is 16.5. The number of rotatable bonds is 6. The number of aromatic nitrogens is 2. The molecule has 0 bridgehead atoms. The first-order valence-corrected chi connectivity index (χ1v) is 12.7. The monoisotopic (exact) mass is 511 g/mol. The molecule has 194 valence electrons. The van der Waals surface area contributed by atoms with Gasteiger partial charge in [-0.2, -0.15) is 5.10 Å². The highest BCUT2D eigenvalue weighted by molar-refractivity contribution is 6.05. The number of methoxy groups -OCH3 is 1. The van der Waals surface area contributed by atoms with Gasteiger partial charge in [-0.05, 0) is 67.4 Å². The van der Waals surface area contributed by atoms with Gasteiger partial charge in [0.05, 0.1) is 18.3 Å². The maximum absolute atomic E-state index is 12.8. The topological polar surface area (TPSA) is 114 Å². The van der Waals surface area contributed by atoms with Crippen LogP contribution in [-0.4, -0.2) is 40.8 Å². The van der Waals surface area contributed by atoms with E-state index in [-0.39, 0.29) is 23.7 Å². The Balaban J connectivity index is 1.22. The lowest BCUT2D eigenvalue weighted by molar-refractivity contribution is 0.0595. The molecule has 9 nitrogen and oxygen atoms in total. The number of para-hydroxylation sites is 1. The number of amides is 3. The van der Waals surface area contributed by atoms with Gasteiger partial charge in [0.15, 0.2) is 5.69 Å². The second kappa shape index (κ2) is 11.2. The summed E-state index contributed by atoms with van der Waals surface area (Å²) in [5, 5.41) is 13.9. The van der Waals surface area contributed by atoms with Crippen molar-refractivity contribution in [2.45, 2.75) is 38.1 Å². The van der Waals surface area contributed by atoms with Gasteiger partial charge in [0, 0.05) is 28.4 Å². The van der Waals surface area contributed by atoms with Crippen LogP contribution in [-0.2, 0) is 4.74 Å². The lowest BCUT2D eigenvalue weighted by Gasteiger charge is -2.22. The van der Waals surface area contributed by atoms with E-state index in [0.717, 1.165) is 36.9 Å². The van der Waals surface area contributed by atoms with E-state index in [1.165, 1.54) is 13.5 Å². The highest BCUT2D eigenvalue weighted by Crippen LogP contribution is 2.24. The predicted octanol–water partition coefficient (Wildman–Crippen LogP) is 5.52. The van der Waals surface area contributed by atoms with Gasteiger partial charge in [0.1, 0.15) is 0 Å². The Morgan fingerprint density at radius 3 is 2.21 bits per heavy atom. The number of hydrogen-bond acceptors (Lipinski definition) is 5. The maximum atomic E-state index is 12.8. The molecule has 1 fully saturated rings. The van der Waals surface area contributed by atoms with Crippen LogP contribution in [0, 0.1) is 0 Å². The zero-order valence-corrected chi connectivity index (χ0v) is 21.1. The van der Waals surface area contributed by atoms with Gasteiger partial charge in [-0.1, -0.05) is 37.5 Å². The second-order valence-corrected chi connectivity index (χ2v) is 9.28. The molecule has 5 rings (SSSR count). The SMILES string of the molecule is COC(=O)c1nn(-c2ccc(NC(=O)c3ccc(NC(=O)NC4CCCCC4)cc3)cc2)c2ccccc12. The van der Waals surface area contributed by atoms with Crippen molar-refractivity contribution in [2.24, 2.45) is 0 Å². The molecule has 1 aliphatic carbocycles. The molecule has 0 saturated heterocycles. The van der Waals surface area contributed by atoms with Crippen LogP contribution in [0.25, 0.3) is 16.6 Å². The third-order valence-electron chi connectivity index (χ3n) is 6.68. The maximum Gasteiger partial charge on any atom is 0.359 e. The second-order valence-electron chi connectivity index (χ2n) is 9.28. The van der Waals surface area contributed by atoms with Crippen LogP contribution in [0.1, 0.15) is 53.0 Å². The van der Waals surface area contributed by atoms with Crippen LogP contribution in [0.4, 0.5) is 16.2 Å². The number of fused-ring (bicyclic) bond motifs is 1. The molecule has 0 atom stereocenters. The smallest absolute Gasteiger partial charge is 0.359 e. The Morgan fingerprint density at radius 1 is 0.842 bits per heavy atom. The Labute approximate surface area is 220 Å². The summed E-state index contributed by atoms with van der Waals surface area (Å²) in [6.45, 7) is 0. The van der Waals surface area contributed by atoms with Gasteiger partial charge in [-0.25, -0.2) is 14.3 Å². The average molecular weight is 512 g/mol. The van der Waals surface area contributed by atoms with E-state index in [0.29, 0.717) is 22.3 Å². The van der Waals surface area contributed by atoms with Crippen LogP contribution in [0.2, 0.25) is 0 Å². The third kappa shape index (κ3) is 5.51. The highest BCUT2D eigenvalue weighted by Gasteiger charge is 2.18. The number of ether oxygens (including phenoxy) is 1. The van der Waals surface area contributed by atoms with Crippen LogP contribution in [0.15, 0.2) is 72.8 Å². The van der Waals surface area contributed by atoms with Crippen LogP contribution < -0.4 is 16.0 Å². The minimum absolute atomic E-state index is 0.224. The number of urea groups is 1. The van der Waals surface area contributed by atoms with Gasteiger partial charge < -0.3 is 20.7 Å². The number of hydrogen-bond donors (Lipinski definition) is 3. The molecule has 1 heterocycles. The number of carbonyl (C=O) groups excluding carboxylic acids is 3. The molecule has 38 heavy (non-hydrogen) atoms. The normalized spacial score (nSPS) is 13.6. The molecule has 0 unspecified atom stereocenters. The number of nitrogens with zero attached hydrogens (tertiary/aromatic N) is 2. The average Bonchev–Trinajstić information content (AvgIpc) is 3.34. The van der Waals surface area contributed by atoms with Gasteiger partial charge >= 0.3 is 12.0 Å². The van der Waals surface area contributed by atoms with Crippen LogP contribution >= 0.6 is 0 Å². The standard InChI is InChI=1S/C29H29N5O4/c1-38-28(36)26-24-9-5-6-10-25(24)34(33-26)23-17-15-21(16-18-23)30-27(35)19-11-13-22(14-12-19)32-29(37)31-20-7-3-2-4-8-20/h5-6,9-18,20H,2-4,7-8H2,1H3,(H,30,35)(H2,31,32,37). The summed E-state index contributed by atoms with van der Waals surface area (Å²) in [6, 6.07) is 21.3. The van der Waals surface area contributed by atoms with E-state index < -0.39 is 5.97 Å². The molecule has 0 aliphatic heterocycles. The minimum atomic E-state index is -0.505. The first-order valence-electron chi connectivity index (χ1n) is 12.7. The zero-order chi connectivity index (χ0) is 26.5. The van der Waals surface area contributed by atoms with Gasteiger partial charge in [0.2, 0.25) is 0 Å². The van der Waals surface area contributed by atoms with Crippen molar-refractivity contribution in [3.05, 3.63) is 84.1 Å². The molecule has 9 heteroatoms. The molecule has 4 aromatic rings. The molecule has 3 aromatic carbocycles. The summed E-state index contributed by atoms with van der Waals surface area (Å²) in [4.78, 5) is 37.2. The molecule has 0 spiro atoms. The van der Waals surface area contributed by atoms with Crippen LogP contribution in [0.3, 0.4) is 0 Å². The van der Waals surface area contributed by atoms with Crippen molar-refractivity contribution < 1.29 is 19.1 Å². The summed E-state index contributed by atoms with van der Waals surface area (Å²) in [7, 11) is 1.33. The van der Waals surface area contributed by atoms with E-state index in [9.17, 15) is 14.4 Å². The molecule has 1 saturated carbocycles. The molecule has 1 aliphatic rings. The zero-order valence-electron chi connectivity index (χ0n) is 21.1. The summed E-state index contributed by atoms with van der Waals surface area (Å²) >= 11 is 0. The Hall–Kier alpha value is -4.66. The number of nitrogens with one attached hydrogen (secondary N) is 3. The minimum Gasteiger partial charge on any atom is -0.464 e. The Morgan fingerprint density at radius 2 is 1.50 bits per heavy atom. The number of benzene rings is 3. The summed E-state index contributed by atoms with van der Waals surface area (Å²) in [5.41, 5.74) is 3.44. The fourth-order valence-electron chi connectivity index (χ4n) is 4.70. The van der Waals surface area contributed by atoms with Gasteiger partial charge in [0.25, 0.3) is 5.91 Å². The van der Waals surface area contributed by atoms with Crippen molar-refractivity contribution in [1.29, 1.82) is 0 Å². The lowest BCUT2D eigenvalue weighted by Crippen LogP contribution is -2.39. The molecular formula is C29H29N5O4. The number of esters is 1. The van der Waals surface area contributed by atoms with Crippen molar-refractivity contribution in [2.75, 3.05) is 17.7 Å². The van der Waals surface area contributed by atoms with E-state index in [1.807, 2.05) is 36.4 Å². The third-order valence-corrected chi connectivity index (χ3v) is 6.68. The van der Waals surface area contributed by atoms with Gasteiger partial charge in [-0.15, -0.1) is 0 Å². The lowest BCUT2D eigenvalue weighted by atomic mass is 9.96. The fourth-order valence-corrected chi connectivity index (χ4v) is 4.70. The largest absolute Gasteiger partial charge is 0.464 e. The first-order chi connectivity index (χ1) is 18.5. The molecular weight excluding hydrogens is 482 g/mol. The molecule has 3 amide bonds. The Kier molecular flexibility index (Phi) is 7.35. The first kappa shape index (κ1) is 25.0. The van der Waals surface area contributed by atoms with Crippen molar-refractivity contribution in [3.8, 4) is 5.69 Å². The summed E-state index contributed by atoms with van der Waals surface area (Å²) in [6.07, 6.45) is 5.55. The van der Waals surface area contributed by atoms with E-state index in [4.69, 9.17) is 4.74 Å². The fraction of sp³-hybridized carbons (Fsp3) is 0.241.